The second kappa shape index (κ2) is 12.3. The van der Waals surface area contributed by atoms with E-state index in [0.717, 1.165) is 57.8 Å². The lowest BCUT2D eigenvalue weighted by Gasteiger charge is -2.39. The molecule has 4 nitrogen and oxygen atoms in total. The monoisotopic (exact) mass is 368 g/mol. The third-order valence-corrected chi connectivity index (χ3v) is 5.61. The van der Waals surface area contributed by atoms with Crippen molar-refractivity contribution in [2.75, 3.05) is 13.2 Å². The van der Waals surface area contributed by atoms with E-state index in [1.807, 2.05) is 0 Å². The van der Waals surface area contributed by atoms with Crippen LogP contribution in [0, 0.1) is 17.3 Å². The van der Waals surface area contributed by atoms with E-state index < -0.39 is 5.41 Å². The van der Waals surface area contributed by atoms with Crippen LogP contribution in [-0.4, -0.2) is 25.2 Å². The molecule has 0 unspecified atom stereocenters. The fourth-order valence-corrected chi connectivity index (χ4v) is 3.81. The Kier molecular flexibility index (Phi) is 10.9. The minimum Gasteiger partial charge on any atom is -0.465 e. The highest BCUT2D eigenvalue weighted by molar-refractivity contribution is 6.00. The molecular formula is C22H40O4. The Morgan fingerprint density at radius 1 is 0.923 bits per heavy atom. The summed E-state index contributed by atoms with van der Waals surface area (Å²) in [4.78, 5) is 26.4. The Balaban J connectivity index is 3.07. The summed E-state index contributed by atoms with van der Waals surface area (Å²) in [6, 6.07) is 0. The number of carbonyl (C=O) groups is 2. The van der Waals surface area contributed by atoms with Crippen LogP contribution in [0.15, 0.2) is 0 Å². The van der Waals surface area contributed by atoms with Gasteiger partial charge in [0.1, 0.15) is 0 Å². The first kappa shape index (κ1) is 23.0. The van der Waals surface area contributed by atoms with Crippen LogP contribution in [0.2, 0.25) is 0 Å². The molecule has 1 rings (SSSR count). The van der Waals surface area contributed by atoms with Crippen LogP contribution >= 0.6 is 0 Å². The Bertz CT molecular complexity index is 388. The van der Waals surface area contributed by atoms with Gasteiger partial charge in [-0.1, -0.05) is 59.8 Å². The molecule has 0 bridgehead atoms. The lowest BCUT2D eigenvalue weighted by atomic mass is 9.65. The van der Waals surface area contributed by atoms with Crippen LogP contribution in [0.25, 0.3) is 0 Å². The molecule has 0 saturated heterocycles. The molecule has 0 amide bonds. The predicted molar refractivity (Wildman–Crippen MR) is 105 cm³/mol. The largest absolute Gasteiger partial charge is 0.465 e. The standard InChI is InChI=1S/C22H40O4/c1-5-7-16-25-20(23)22(15-14-18(3)4,19-12-10-9-11-13-19)21(24)26-17-8-6-2/h18-19H,5-17H2,1-4H3. The summed E-state index contributed by atoms with van der Waals surface area (Å²) >= 11 is 0. The molecule has 26 heavy (non-hydrogen) atoms. The molecule has 4 heteroatoms. The average Bonchev–Trinajstić information content (AvgIpc) is 2.63. The molecule has 1 aliphatic rings. The third kappa shape index (κ3) is 6.59. The second-order valence-electron chi connectivity index (χ2n) is 8.22. The van der Waals surface area contributed by atoms with Gasteiger partial charge in [0.15, 0.2) is 5.41 Å². The van der Waals surface area contributed by atoms with Gasteiger partial charge in [0.2, 0.25) is 0 Å². The van der Waals surface area contributed by atoms with Gasteiger partial charge in [0, 0.05) is 0 Å². The van der Waals surface area contributed by atoms with Crippen molar-refractivity contribution in [3.63, 3.8) is 0 Å². The van der Waals surface area contributed by atoms with Crippen LogP contribution in [0.3, 0.4) is 0 Å². The van der Waals surface area contributed by atoms with Crippen molar-refractivity contribution in [1.82, 2.24) is 0 Å². The highest BCUT2D eigenvalue weighted by atomic mass is 16.6. The maximum absolute atomic E-state index is 13.2. The summed E-state index contributed by atoms with van der Waals surface area (Å²) in [5.41, 5.74) is -1.10. The molecule has 1 aliphatic carbocycles. The average molecular weight is 369 g/mol. The number of esters is 2. The smallest absolute Gasteiger partial charge is 0.323 e. The summed E-state index contributed by atoms with van der Waals surface area (Å²) in [6.07, 6.45) is 10.2. The van der Waals surface area contributed by atoms with Crippen molar-refractivity contribution >= 4 is 11.9 Å². The molecule has 0 heterocycles. The number of carbonyl (C=O) groups excluding carboxylic acids is 2. The van der Waals surface area contributed by atoms with Gasteiger partial charge < -0.3 is 9.47 Å². The van der Waals surface area contributed by atoms with Crippen molar-refractivity contribution in [3.8, 4) is 0 Å². The van der Waals surface area contributed by atoms with Crippen molar-refractivity contribution in [3.05, 3.63) is 0 Å². The Hall–Kier alpha value is -1.06. The molecule has 0 aliphatic heterocycles. The molecule has 0 N–H and O–H groups in total. The first-order valence-electron chi connectivity index (χ1n) is 10.8. The number of hydrogen-bond donors (Lipinski definition) is 0. The predicted octanol–water partition coefficient (Wildman–Crippen LogP) is 5.68. The number of hydrogen-bond acceptors (Lipinski definition) is 4. The van der Waals surface area contributed by atoms with E-state index in [2.05, 4.69) is 27.7 Å². The maximum atomic E-state index is 13.2. The molecule has 0 aromatic carbocycles. The van der Waals surface area contributed by atoms with E-state index in [1.54, 1.807) is 0 Å². The molecule has 1 fully saturated rings. The van der Waals surface area contributed by atoms with Gasteiger partial charge in [0.05, 0.1) is 13.2 Å². The summed E-state index contributed by atoms with van der Waals surface area (Å²) in [5.74, 6) is -0.178. The van der Waals surface area contributed by atoms with Crippen molar-refractivity contribution in [2.24, 2.45) is 17.3 Å². The van der Waals surface area contributed by atoms with Gasteiger partial charge in [-0.15, -0.1) is 0 Å². The molecule has 0 aromatic heterocycles. The summed E-state index contributed by atoms with van der Waals surface area (Å²) in [6.45, 7) is 9.20. The highest BCUT2D eigenvalue weighted by Gasteiger charge is 2.54. The van der Waals surface area contributed by atoms with Crippen molar-refractivity contribution < 1.29 is 19.1 Å². The van der Waals surface area contributed by atoms with Gasteiger partial charge in [0.25, 0.3) is 0 Å². The quantitative estimate of drug-likeness (QED) is 0.253. The van der Waals surface area contributed by atoms with E-state index >= 15 is 0 Å². The summed E-state index contributed by atoms with van der Waals surface area (Å²) in [7, 11) is 0. The van der Waals surface area contributed by atoms with Gasteiger partial charge in [-0.25, -0.2) is 0 Å². The van der Waals surface area contributed by atoms with Crippen LogP contribution in [0.5, 0.6) is 0 Å². The van der Waals surface area contributed by atoms with Gasteiger partial charge in [-0.2, -0.15) is 0 Å². The molecule has 0 spiro atoms. The van der Waals surface area contributed by atoms with Crippen molar-refractivity contribution in [2.45, 2.75) is 98.3 Å². The Morgan fingerprint density at radius 3 is 1.85 bits per heavy atom. The Labute approximate surface area is 160 Å². The first-order chi connectivity index (χ1) is 12.5. The lowest BCUT2D eigenvalue weighted by Crippen LogP contribution is -2.49. The zero-order valence-corrected chi connectivity index (χ0v) is 17.5. The SMILES string of the molecule is CCCCOC(=O)C(CCC(C)C)(C(=O)OCCCC)C1CCCCC1. The minimum atomic E-state index is -1.10. The van der Waals surface area contributed by atoms with Crippen molar-refractivity contribution in [1.29, 1.82) is 0 Å². The number of ether oxygens (including phenoxy) is 2. The fourth-order valence-electron chi connectivity index (χ4n) is 3.81. The molecule has 0 radical (unpaired) electrons. The normalized spacial score (nSPS) is 15.9. The summed E-state index contributed by atoms with van der Waals surface area (Å²) in [5, 5.41) is 0. The fraction of sp³-hybridized carbons (Fsp3) is 0.909. The summed E-state index contributed by atoms with van der Waals surface area (Å²) < 4.78 is 11.2. The maximum Gasteiger partial charge on any atom is 0.323 e. The molecule has 152 valence electrons. The molecule has 0 aromatic rings. The molecular weight excluding hydrogens is 328 g/mol. The molecule has 0 atom stereocenters. The third-order valence-electron chi connectivity index (χ3n) is 5.61. The zero-order valence-electron chi connectivity index (χ0n) is 17.5. The van der Waals surface area contributed by atoms with E-state index in [-0.39, 0.29) is 17.9 Å². The van der Waals surface area contributed by atoms with Gasteiger partial charge in [-0.05, 0) is 50.4 Å². The van der Waals surface area contributed by atoms with Crippen LogP contribution in [-0.2, 0) is 19.1 Å². The van der Waals surface area contributed by atoms with E-state index in [0.29, 0.717) is 25.6 Å². The number of unbranched alkanes of at least 4 members (excludes halogenated alkanes) is 2. The molecule has 1 saturated carbocycles. The highest BCUT2D eigenvalue weighted by Crippen LogP contribution is 2.45. The topological polar surface area (TPSA) is 52.6 Å². The van der Waals surface area contributed by atoms with E-state index in [1.165, 1.54) is 6.42 Å². The van der Waals surface area contributed by atoms with Crippen LogP contribution in [0.4, 0.5) is 0 Å². The lowest BCUT2D eigenvalue weighted by molar-refractivity contribution is -0.180. The van der Waals surface area contributed by atoms with Gasteiger partial charge in [-0.3, -0.25) is 9.59 Å². The van der Waals surface area contributed by atoms with E-state index in [9.17, 15) is 9.59 Å². The minimum absolute atomic E-state index is 0.0539. The second-order valence-corrected chi connectivity index (χ2v) is 8.22. The number of rotatable bonds is 12. The first-order valence-corrected chi connectivity index (χ1v) is 10.8. The van der Waals surface area contributed by atoms with Crippen LogP contribution in [0.1, 0.15) is 98.3 Å². The zero-order chi connectivity index (χ0) is 19.4. The van der Waals surface area contributed by atoms with Crippen LogP contribution < -0.4 is 0 Å². The van der Waals surface area contributed by atoms with Gasteiger partial charge >= 0.3 is 11.9 Å². The van der Waals surface area contributed by atoms with E-state index in [4.69, 9.17) is 9.47 Å². The Morgan fingerprint density at radius 2 is 1.42 bits per heavy atom.